The summed E-state index contributed by atoms with van der Waals surface area (Å²) in [4.78, 5) is 11.6. The van der Waals surface area contributed by atoms with Gasteiger partial charge in [-0.25, -0.2) is 0 Å². The Morgan fingerprint density at radius 1 is 1.36 bits per heavy atom. The van der Waals surface area contributed by atoms with E-state index >= 15 is 0 Å². The first-order chi connectivity index (χ1) is 6.74. The van der Waals surface area contributed by atoms with Crippen LogP contribution < -0.4 is 5.73 Å². The van der Waals surface area contributed by atoms with E-state index in [1.165, 1.54) is 0 Å². The van der Waals surface area contributed by atoms with Crippen LogP contribution in [0.4, 0.5) is 0 Å². The lowest BCUT2D eigenvalue weighted by Crippen LogP contribution is -2.08. The molecule has 0 heterocycles. The molecule has 1 rings (SSSR count). The standard InChI is InChI=1S/C12H17NO/c1-3-10-9(8-13)6-5-7-11(10)12(14)4-2/h5-7H,3-4,8,13H2,1-2H3. The van der Waals surface area contributed by atoms with Crippen molar-refractivity contribution < 1.29 is 4.79 Å². The monoisotopic (exact) mass is 191 g/mol. The van der Waals surface area contributed by atoms with Gasteiger partial charge in [0.1, 0.15) is 0 Å². The van der Waals surface area contributed by atoms with Crippen molar-refractivity contribution in [1.29, 1.82) is 0 Å². The highest BCUT2D eigenvalue weighted by atomic mass is 16.1. The number of rotatable bonds is 4. The number of hydrogen-bond acceptors (Lipinski definition) is 2. The van der Waals surface area contributed by atoms with Gasteiger partial charge < -0.3 is 5.73 Å². The first-order valence-corrected chi connectivity index (χ1v) is 5.08. The van der Waals surface area contributed by atoms with Crippen molar-refractivity contribution in [2.24, 2.45) is 5.73 Å². The van der Waals surface area contributed by atoms with Gasteiger partial charge in [0.05, 0.1) is 0 Å². The third-order valence-electron chi connectivity index (χ3n) is 2.47. The normalized spacial score (nSPS) is 10.2. The molecule has 0 aliphatic heterocycles. The molecule has 0 aliphatic rings. The fourth-order valence-electron chi connectivity index (χ4n) is 1.70. The Morgan fingerprint density at radius 2 is 2.07 bits per heavy atom. The van der Waals surface area contributed by atoms with Crippen LogP contribution in [0.1, 0.15) is 41.8 Å². The van der Waals surface area contributed by atoms with E-state index in [1.807, 2.05) is 25.1 Å². The second-order valence-electron chi connectivity index (χ2n) is 3.28. The summed E-state index contributed by atoms with van der Waals surface area (Å²) >= 11 is 0. The topological polar surface area (TPSA) is 43.1 Å². The van der Waals surface area contributed by atoms with Gasteiger partial charge >= 0.3 is 0 Å². The second-order valence-corrected chi connectivity index (χ2v) is 3.28. The second kappa shape index (κ2) is 4.91. The van der Waals surface area contributed by atoms with E-state index < -0.39 is 0 Å². The molecule has 0 aliphatic carbocycles. The van der Waals surface area contributed by atoms with Gasteiger partial charge in [0, 0.05) is 18.5 Å². The van der Waals surface area contributed by atoms with Gasteiger partial charge in [-0.15, -0.1) is 0 Å². The molecule has 0 radical (unpaired) electrons. The summed E-state index contributed by atoms with van der Waals surface area (Å²) in [5, 5.41) is 0. The maximum atomic E-state index is 11.6. The van der Waals surface area contributed by atoms with Crippen LogP contribution in [0.25, 0.3) is 0 Å². The number of ketones is 1. The van der Waals surface area contributed by atoms with Crippen molar-refractivity contribution >= 4 is 5.78 Å². The van der Waals surface area contributed by atoms with E-state index in [0.717, 1.165) is 23.1 Å². The van der Waals surface area contributed by atoms with Crippen molar-refractivity contribution in [2.75, 3.05) is 0 Å². The van der Waals surface area contributed by atoms with Crippen molar-refractivity contribution in [3.63, 3.8) is 0 Å². The highest BCUT2D eigenvalue weighted by molar-refractivity contribution is 5.97. The first-order valence-electron chi connectivity index (χ1n) is 5.08. The molecule has 0 amide bonds. The zero-order valence-electron chi connectivity index (χ0n) is 8.84. The summed E-state index contributed by atoms with van der Waals surface area (Å²) in [6.07, 6.45) is 1.43. The third-order valence-corrected chi connectivity index (χ3v) is 2.47. The van der Waals surface area contributed by atoms with E-state index in [-0.39, 0.29) is 5.78 Å². The molecule has 0 saturated heterocycles. The Hall–Kier alpha value is -1.15. The number of nitrogens with two attached hydrogens (primary N) is 1. The van der Waals surface area contributed by atoms with Gasteiger partial charge in [-0.05, 0) is 17.5 Å². The fraction of sp³-hybridized carbons (Fsp3) is 0.417. The minimum absolute atomic E-state index is 0.206. The van der Waals surface area contributed by atoms with E-state index in [0.29, 0.717) is 13.0 Å². The SMILES string of the molecule is CCC(=O)c1cccc(CN)c1CC. The van der Waals surface area contributed by atoms with Crippen molar-refractivity contribution in [1.82, 2.24) is 0 Å². The minimum Gasteiger partial charge on any atom is -0.326 e. The number of benzene rings is 1. The Bertz CT molecular complexity index is 331. The van der Waals surface area contributed by atoms with E-state index in [4.69, 9.17) is 5.73 Å². The molecule has 0 spiro atoms. The Kier molecular flexibility index (Phi) is 3.84. The van der Waals surface area contributed by atoms with Crippen LogP contribution in [0.5, 0.6) is 0 Å². The van der Waals surface area contributed by atoms with Gasteiger partial charge in [0.2, 0.25) is 0 Å². The lowest BCUT2D eigenvalue weighted by atomic mass is 9.95. The van der Waals surface area contributed by atoms with E-state index in [2.05, 4.69) is 6.92 Å². The van der Waals surface area contributed by atoms with Crippen LogP contribution in [-0.2, 0) is 13.0 Å². The zero-order valence-corrected chi connectivity index (χ0v) is 8.84. The molecule has 2 N–H and O–H groups in total. The zero-order chi connectivity index (χ0) is 10.6. The summed E-state index contributed by atoms with van der Waals surface area (Å²) in [5.74, 6) is 0.206. The summed E-state index contributed by atoms with van der Waals surface area (Å²) in [7, 11) is 0. The van der Waals surface area contributed by atoms with Gasteiger partial charge in [0.15, 0.2) is 5.78 Å². The number of carbonyl (C=O) groups is 1. The molecule has 14 heavy (non-hydrogen) atoms. The van der Waals surface area contributed by atoms with Crippen LogP contribution in [0, 0.1) is 0 Å². The average Bonchev–Trinajstić information content (AvgIpc) is 2.26. The highest BCUT2D eigenvalue weighted by Gasteiger charge is 2.10. The predicted molar refractivity (Wildman–Crippen MR) is 58.3 cm³/mol. The predicted octanol–water partition coefficient (Wildman–Crippen LogP) is 2.30. The Balaban J connectivity index is 3.21. The molecule has 0 bridgehead atoms. The van der Waals surface area contributed by atoms with Gasteiger partial charge in [-0.3, -0.25) is 4.79 Å². The molecule has 0 saturated carbocycles. The number of Topliss-reactive ketones (excluding diaryl/α,β-unsaturated/α-hetero) is 1. The number of carbonyl (C=O) groups excluding carboxylic acids is 1. The summed E-state index contributed by atoms with van der Waals surface area (Å²) < 4.78 is 0. The summed E-state index contributed by atoms with van der Waals surface area (Å²) in [6.45, 7) is 4.45. The molecule has 76 valence electrons. The fourth-order valence-corrected chi connectivity index (χ4v) is 1.70. The summed E-state index contributed by atoms with van der Waals surface area (Å²) in [6, 6.07) is 5.79. The van der Waals surface area contributed by atoms with Crippen LogP contribution >= 0.6 is 0 Å². The smallest absolute Gasteiger partial charge is 0.162 e. The molecule has 0 aromatic heterocycles. The molecular weight excluding hydrogens is 174 g/mol. The Labute approximate surface area is 85.1 Å². The van der Waals surface area contributed by atoms with Crippen LogP contribution in [0.2, 0.25) is 0 Å². The van der Waals surface area contributed by atoms with E-state index in [1.54, 1.807) is 0 Å². The van der Waals surface area contributed by atoms with Crippen molar-refractivity contribution in [3.05, 3.63) is 34.9 Å². The molecule has 0 unspecified atom stereocenters. The quantitative estimate of drug-likeness (QED) is 0.742. The summed E-state index contributed by atoms with van der Waals surface area (Å²) in [5.41, 5.74) is 8.67. The van der Waals surface area contributed by atoms with Crippen molar-refractivity contribution in [2.45, 2.75) is 33.2 Å². The Morgan fingerprint density at radius 3 is 2.57 bits per heavy atom. The molecule has 0 atom stereocenters. The maximum Gasteiger partial charge on any atom is 0.162 e. The molecule has 1 aromatic rings. The van der Waals surface area contributed by atoms with Crippen LogP contribution in [-0.4, -0.2) is 5.78 Å². The minimum atomic E-state index is 0.206. The average molecular weight is 191 g/mol. The van der Waals surface area contributed by atoms with E-state index in [9.17, 15) is 4.79 Å². The molecular formula is C12H17NO. The van der Waals surface area contributed by atoms with Crippen LogP contribution in [0.3, 0.4) is 0 Å². The molecule has 2 nitrogen and oxygen atoms in total. The lowest BCUT2D eigenvalue weighted by Gasteiger charge is -2.10. The van der Waals surface area contributed by atoms with Gasteiger partial charge in [0.25, 0.3) is 0 Å². The number of hydrogen-bond donors (Lipinski definition) is 1. The third kappa shape index (κ3) is 2.02. The largest absolute Gasteiger partial charge is 0.326 e. The van der Waals surface area contributed by atoms with Gasteiger partial charge in [-0.1, -0.05) is 32.0 Å². The maximum absolute atomic E-state index is 11.6. The molecule has 2 heteroatoms. The molecule has 0 fully saturated rings. The van der Waals surface area contributed by atoms with Gasteiger partial charge in [-0.2, -0.15) is 0 Å². The molecule has 1 aromatic carbocycles. The van der Waals surface area contributed by atoms with Crippen molar-refractivity contribution in [3.8, 4) is 0 Å². The highest BCUT2D eigenvalue weighted by Crippen LogP contribution is 2.17. The lowest BCUT2D eigenvalue weighted by molar-refractivity contribution is 0.0987. The van der Waals surface area contributed by atoms with Crippen LogP contribution in [0.15, 0.2) is 18.2 Å². The first kappa shape index (κ1) is 10.9.